The lowest BCUT2D eigenvalue weighted by atomic mass is 10.1. The van der Waals surface area contributed by atoms with E-state index in [1.807, 2.05) is 50.3 Å². The number of hydrogen-bond donors (Lipinski definition) is 2. The van der Waals surface area contributed by atoms with Crippen LogP contribution in [0.1, 0.15) is 26.3 Å². The lowest BCUT2D eigenvalue weighted by molar-refractivity contribution is 0.423. The van der Waals surface area contributed by atoms with E-state index in [1.165, 1.54) is 5.56 Å². The average molecular weight is 292 g/mol. The number of nitrogens with one attached hydrogen (secondary N) is 1. The molecular formula is C17H22ClNO. The zero-order valence-electron chi connectivity index (χ0n) is 12.2. The predicted octanol–water partition coefficient (Wildman–Crippen LogP) is 5.19. The van der Waals surface area contributed by atoms with E-state index in [9.17, 15) is 5.11 Å². The summed E-state index contributed by atoms with van der Waals surface area (Å²) in [5.41, 5.74) is 2.88. The van der Waals surface area contributed by atoms with Crippen molar-refractivity contribution in [3.63, 3.8) is 0 Å². The Morgan fingerprint density at radius 2 is 1.95 bits per heavy atom. The van der Waals surface area contributed by atoms with Gasteiger partial charge in [0.2, 0.25) is 0 Å². The molecule has 0 saturated carbocycles. The Morgan fingerprint density at radius 1 is 1.25 bits per heavy atom. The first-order valence-electron chi connectivity index (χ1n) is 6.99. The standard InChI is InChI=1S/C15H16ClNO.C2H6/c1-2-11-6-3-4-8-13(11)17-14-9-5-7-12(16)10-15(14)18;1-2/h3-10,12,17-18H,2H2,1H3;1-2H3. The van der Waals surface area contributed by atoms with Crippen LogP contribution in [0.25, 0.3) is 0 Å². The van der Waals surface area contributed by atoms with E-state index in [2.05, 4.69) is 18.3 Å². The predicted molar refractivity (Wildman–Crippen MR) is 88.4 cm³/mol. The van der Waals surface area contributed by atoms with Crippen molar-refractivity contribution in [3.05, 3.63) is 65.6 Å². The first-order valence-corrected chi connectivity index (χ1v) is 7.43. The number of aliphatic hydroxyl groups is 1. The van der Waals surface area contributed by atoms with Crippen molar-refractivity contribution in [2.24, 2.45) is 0 Å². The number of rotatable bonds is 3. The molecule has 0 aromatic heterocycles. The summed E-state index contributed by atoms with van der Waals surface area (Å²) in [7, 11) is 0. The third-order valence-corrected chi connectivity index (χ3v) is 3.09. The van der Waals surface area contributed by atoms with E-state index in [-0.39, 0.29) is 11.1 Å². The summed E-state index contributed by atoms with van der Waals surface area (Å²) >= 11 is 5.96. The molecule has 0 fully saturated rings. The average Bonchev–Trinajstić information content (AvgIpc) is 2.63. The number of halogens is 1. The van der Waals surface area contributed by atoms with Gasteiger partial charge in [0.25, 0.3) is 0 Å². The maximum Gasteiger partial charge on any atom is 0.136 e. The third kappa shape index (κ3) is 4.46. The topological polar surface area (TPSA) is 32.3 Å². The fraction of sp³-hybridized carbons (Fsp3) is 0.294. The summed E-state index contributed by atoms with van der Waals surface area (Å²) in [4.78, 5) is 0. The lowest BCUT2D eigenvalue weighted by Gasteiger charge is -2.13. The van der Waals surface area contributed by atoms with E-state index >= 15 is 0 Å². The van der Waals surface area contributed by atoms with Gasteiger partial charge < -0.3 is 10.4 Å². The van der Waals surface area contributed by atoms with Gasteiger partial charge in [-0.15, -0.1) is 11.6 Å². The molecular weight excluding hydrogens is 270 g/mol. The van der Waals surface area contributed by atoms with E-state index in [0.29, 0.717) is 5.70 Å². The summed E-state index contributed by atoms with van der Waals surface area (Å²) in [5, 5.41) is 12.9. The second-order valence-electron chi connectivity index (χ2n) is 4.10. The van der Waals surface area contributed by atoms with Gasteiger partial charge in [0.1, 0.15) is 5.76 Å². The Bertz CT molecular complexity index is 517. The van der Waals surface area contributed by atoms with Gasteiger partial charge >= 0.3 is 0 Å². The molecule has 2 nitrogen and oxygen atoms in total. The zero-order valence-corrected chi connectivity index (χ0v) is 13.0. The lowest BCUT2D eigenvalue weighted by Crippen LogP contribution is -2.05. The third-order valence-electron chi connectivity index (χ3n) is 2.82. The highest BCUT2D eigenvalue weighted by molar-refractivity contribution is 6.23. The normalized spacial score (nSPS) is 17.3. The number of aliphatic hydroxyl groups excluding tert-OH is 1. The molecule has 1 atom stereocenters. The first kappa shape index (κ1) is 16.4. The molecule has 20 heavy (non-hydrogen) atoms. The quantitative estimate of drug-likeness (QED) is 0.751. The van der Waals surface area contributed by atoms with Crippen molar-refractivity contribution in [3.8, 4) is 0 Å². The van der Waals surface area contributed by atoms with Crippen molar-refractivity contribution in [1.82, 2.24) is 0 Å². The molecule has 1 unspecified atom stereocenters. The molecule has 1 aliphatic carbocycles. The summed E-state index contributed by atoms with van der Waals surface area (Å²) < 4.78 is 0. The number of anilines is 1. The molecule has 1 aliphatic rings. The Labute approximate surface area is 126 Å². The number of para-hydroxylation sites is 1. The monoisotopic (exact) mass is 291 g/mol. The van der Waals surface area contributed by atoms with E-state index in [1.54, 1.807) is 6.08 Å². The van der Waals surface area contributed by atoms with Crippen molar-refractivity contribution < 1.29 is 5.11 Å². The van der Waals surface area contributed by atoms with Gasteiger partial charge in [-0.05, 0) is 30.2 Å². The van der Waals surface area contributed by atoms with E-state index in [4.69, 9.17) is 11.6 Å². The number of aryl methyl sites for hydroxylation is 1. The Morgan fingerprint density at radius 3 is 2.65 bits per heavy atom. The zero-order chi connectivity index (χ0) is 15.0. The van der Waals surface area contributed by atoms with Gasteiger partial charge in [0.15, 0.2) is 0 Å². The van der Waals surface area contributed by atoms with Crippen LogP contribution < -0.4 is 5.32 Å². The van der Waals surface area contributed by atoms with Crippen LogP contribution in [0, 0.1) is 0 Å². The highest BCUT2D eigenvalue weighted by Crippen LogP contribution is 2.22. The number of alkyl halides is 1. The smallest absolute Gasteiger partial charge is 0.136 e. The molecule has 0 aliphatic heterocycles. The van der Waals surface area contributed by atoms with Gasteiger partial charge in [-0.25, -0.2) is 0 Å². The molecule has 0 bridgehead atoms. The highest BCUT2D eigenvalue weighted by Gasteiger charge is 2.09. The molecule has 108 valence electrons. The Hall–Kier alpha value is -1.67. The Balaban J connectivity index is 0.000000956. The maximum absolute atomic E-state index is 9.95. The SMILES string of the molecule is CC.CCc1ccccc1NC1=CC=CC(Cl)C=C1O. The number of benzene rings is 1. The van der Waals surface area contributed by atoms with Crippen LogP contribution in [0.5, 0.6) is 0 Å². The maximum atomic E-state index is 9.95. The molecule has 3 heteroatoms. The molecule has 0 spiro atoms. The van der Waals surface area contributed by atoms with Crippen molar-refractivity contribution >= 4 is 17.3 Å². The minimum Gasteiger partial charge on any atom is -0.506 e. The van der Waals surface area contributed by atoms with Crippen LogP contribution in [0.4, 0.5) is 5.69 Å². The van der Waals surface area contributed by atoms with Crippen molar-refractivity contribution in [1.29, 1.82) is 0 Å². The summed E-state index contributed by atoms with van der Waals surface area (Å²) in [6, 6.07) is 8.05. The van der Waals surface area contributed by atoms with Crippen molar-refractivity contribution in [2.45, 2.75) is 32.6 Å². The summed E-state index contributed by atoms with van der Waals surface area (Å²) in [6.45, 7) is 6.10. The van der Waals surface area contributed by atoms with Crippen LogP contribution in [0.15, 0.2) is 60.0 Å². The van der Waals surface area contributed by atoms with Crippen LogP contribution in [-0.2, 0) is 6.42 Å². The fourth-order valence-electron chi connectivity index (χ4n) is 1.84. The molecule has 2 N–H and O–H groups in total. The molecule has 0 amide bonds. The second-order valence-corrected chi connectivity index (χ2v) is 4.60. The van der Waals surface area contributed by atoms with Gasteiger partial charge in [-0.2, -0.15) is 0 Å². The molecule has 0 heterocycles. The summed E-state index contributed by atoms with van der Waals surface area (Å²) in [5.74, 6) is 0.172. The Kier molecular flexibility index (Phi) is 6.96. The number of allylic oxidation sites excluding steroid dienone is 4. The van der Waals surface area contributed by atoms with Gasteiger partial charge in [0.05, 0.1) is 11.1 Å². The van der Waals surface area contributed by atoms with Gasteiger partial charge in [-0.1, -0.05) is 51.1 Å². The minimum atomic E-state index is -0.276. The van der Waals surface area contributed by atoms with Crippen LogP contribution in [0.3, 0.4) is 0 Å². The number of hydrogen-bond acceptors (Lipinski definition) is 2. The van der Waals surface area contributed by atoms with Crippen molar-refractivity contribution in [2.75, 3.05) is 5.32 Å². The van der Waals surface area contributed by atoms with Crippen LogP contribution >= 0.6 is 11.6 Å². The fourth-order valence-corrected chi connectivity index (χ4v) is 2.04. The highest BCUT2D eigenvalue weighted by atomic mass is 35.5. The molecule has 0 radical (unpaired) electrons. The van der Waals surface area contributed by atoms with Crippen LogP contribution in [-0.4, -0.2) is 10.5 Å². The van der Waals surface area contributed by atoms with Gasteiger partial charge in [-0.3, -0.25) is 0 Å². The second kappa shape index (κ2) is 8.49. The van der Waals surface area contributed by atoms with Gasteiger partial charge in [0, 0.05) is 5.69 Å². The molecule has 2 rings (SSSR count). The minimum absolute atomic E-state index is 0.172. The summed E-state index contributed by atoms with van der Waals surface area (Å²) in [6.07, 6.45) is 8.03. The molecule has 1 aromatic carbocycles. The molecule has 0 saturated heterocycles. The van der Waals surface area contributed by atoms with E-state index in [0.717, 1.165) is 12.1 Å². The largest absolute Gasteiger partial charge is 0.506 e. The first-order chi connectivity index (χ1) is 9.70. The van der Waals surface area contributed by atoms with Crippen LogP contribution in [0.2, 0.25) is 0 Å². The van der Waals surface area contributed by atoms with E-state index < -0.39 is 0 Å². The molecule has 1 aromatic rings.